The third-order valence-electron chi connectivity index (χ3n) is 3.71. The zero-order valence-corrected chi connectivity index (χ0v) is 12.8. The lowest BCUT2D eigenvalue weighted by Gasteiger charge is -2.33. The maximum Gasteiger partial charge on any atom is 0.409 e. The minimum absolute atomic E-state index is 0.269. The summed E-state index contributed by atoms with van der Waals surface area (Å²) in [5.74, 6) is -2.53. The van der Waals surface area contributed by atoms with Gasteiger partial charge in [-0.15, -0.1) is 0 Å². The smallest absolute Gasteiger partial charge is 0.409 e. The third kappa shape index (κ3) is 4.38. The van der Waals surface area contributed by atoms with Crippen molar-refractivity contribution in [2.75, 3.05) is 46.4 Å². The summed E-state index contributed by atoms with van der Waals surface area (Å²) in [7, 11) is 1.34. The molecule has 1 aliphatic heterocycles. The maximum atomic E-state index is 13.5. The second-order valence-electron chi connectivity index (χ2n) is 5.15. The number of piperazine rings is 1. The fourth-order valence-electron chi connectivity index (χ4n) is 2.41. The molecule has 2 amide bonds. The number of nitrogens with zero attached hydrogens (tertiary/aromatic N) is 2. The number of benzene rings is 1. The van der Waals surface area contributed by atoms with E-state index in [0.29, 0.717) is 32.7 Å². The quantitative estimate of drug-likeness (QED) is 0.899. The average molecular weight is 327 g/mol. The van der Waals surface area contributed by atoms with Crippen molar-refractivity contribution >= 4 is 12.0 Å². The fourth-order valence-corrected chi connectivity index (χ4v) is 2.41. The van der Waals surface area contributed by atoms with Gasteiger partial charge in [0.25, 0.3) is 5.91 Å². The molecule has 1 aromatic carbocycles. The summed E-state index contributed by atoms with van der Waals surface area (Å²) in [4.78, 5) is 26.8. The highest BCUT2D eigenvalue weighted by molar-refractivity contribution is 5.94. The van der Waals surface area contributed by atoms with E-state index in [-0.39, 0.29) is 12.6 Å². The van der Waals surface area contributed by atoms with Gasteiger partial charge in [-0.2, -0.15) is 0 Å². The molecule has 1 aromatic rings. The molecule has 0 spiro atoms. The largest absolute Gasteiger partial charge is 0.453 e. The SMILES string of the molecule is COC(=O)N1CCN(CCNC(=O)c2c(F)cccc2F)CC1. The molecule has 0 bridgehead atoms. The molecule has 126 valence electrons. The van der Waals surface area contributed by atoms with Gasteiger partial charge < -0.3 is 15.0 Å². The van der Waals surface area contributed by atoms with Crippen molar-refractivity contribution in [2.45, 2.75) is 0 Å². The lowest BCUT2D eigenvalue weighted by molar-refractivity contribution is 0.0882. The lowest BCUT2D eigenvalue weighted by Crippen LogP contribution is -2.50. The number of halogens is 2. The highest BCUT2D eigenvalue weighted by Crippen LogP contribution is 2.11. The Bertz CT molecular complexity index is 555. The van der Waals surface area contributed by atoms with Crippen LogP contribution in [0.25, 0.3) is 0 Å². The van der Waals surface area contributed by atoms with Crippen LogP contribution in [0.2, 0.25) is 0 Å². The Labute approximate surface area is 133 Å². The van der Waals surface area contributed by atoms with Crippen molar-refractivity contribution in [3.05, 3.63) is 35.4 Å². The molecule has 1 fully saturated rings. The van der Waals surface area contributed by atoms with Gasteiger partial charge in [0.15, 0.2) is 0 Å². The number of carbonyl (C=O) groups is 2. The minimum atomic E-state index is -0.880. The molecule has 0 aliphatic carbocycles. The van der Waals surface area contributed by atoms with E-state index in [1.165, 1.54) is 13.2 Å². The first-order valence-electron chi connectivity index (χ1n) is 7.30. The van der Waals surface area contributed by atoms with E-state index >= 15 is 0 Å². The fraction of sp³-hybridized carbons (Fsp3) is 0.467. The van der Waals surface area contributed by atoms with Crippen LogP contribution < -0.4 is 5.32 Å². The zero-order chi connectivity index (χ0) is 16.8. The lowest BCUT2D eigenvalue weighted by atomic mass is 10.2. The molecule has 6 nitrogen and oxygen atoms in total. The molecule has 0 atom stereocenters. The van der Waals surface area contributed by atoms with Crippen molar-refractivity contribution in [3.63, 3.8) is 0 Å². The van der Waals surface area contributed by atoms with Crippen LogP contribution in [0, 0.1) is 11.6 Å². The second-order valence-corrected chi connectivity index (χ2v) is 5.15. The van der Waals surface area contributed by atoms with Crippen LogP contribution in [-0.2, 0) is 4.74 Å². The maximum absolute atomic E-state index is 13.5. The Hall–Kier alpha value is -2.22. The first-order valence-corrected chi connectivity index (χ1v) is 7.30. The van der Waals surface area contributed by atoms with E-state index in [1.54, 1.807) is 4.90 Å². The molecule has 8 heteroatoms. The Morgan fingerprint density at radius 2 is 1.78 bits per heavy atom. The van der Waals surface area contributed by atoms with Crippen molar-refractivity contribution in [3.8, 4) is 0 Å². The summed E-state index contributed by atoms with van der Waals surface area (Å²) < 4.78 is 31.6. The summed E-state index contributed by atoms with van der Waals surface area (Å²) in [5.41, 5.74) is -0.567. The number of hydrogen-bond donors (Lipinski definition) is 1. The molecule has 0 radical (unpaired) electrons. The Morgan fingerprint density at radius 1 is 1.17 bits per heavy atom. The molecule has 23 heavy (non-hydrogen) atoms. The number of nitrogens with one attached hydrogen (secondary N) is 1. The molecule has 1 aliphatic rings. The third-order valence-corrected chi connectivity index (χ3v) is 3.71. The number of carbonyl (C=O) groups excluding carboxylic acids is 2. The topological polar surface area (TPSA) is 61.9 Å². The second kappa shape index (κ2) is 7.87. The number of methoxy groups -OCH3 is 1. The monoisotopic (exact) mass is 327 g/mol. The molecule has 0 unspecified atom stereocenters. The predicted octanol–water partition coefficient (Wildman–Crippen LogP) is 1.08. The standard InChI is InChI=1S/C15H19F2N3O3/c1-23-15(22)20-9-7-19(8-10-20)6-5-18-14(21)13-11(16)3-2-4-12(13)17/h2-4H,5-10H2,1H3,(H,18,21). The van der Waals surface area contributed by atoms with E-state index in [9.17, 15) is 18.4 Å². The van der Waals surface area contributed by atoms with Gasteiger partial charge in [0.2, 0.25) is 0 Å². The van der Waals surface area contributed by atoms with Crippen LogP contribution in [0.4, 0.5) is 13.6 Å². The highest BCUT2D eigenvalue weighted by Gasteiger charge is 2.21. The van der Waals surface area contributed by atoms with Gasteiger partial charge in [-0.3, -0.25) is 9.69 Å². The first kappa shape index (κ1) is 17.1. The van der Waals surface area contributed by atoms with Crippen molar-refractivity contribution in [1.29, 1.82) is 0 Å². The predicted molar refractivity (Wildman–Crippen MR) is 79.1 cm³/mol. The molecule has 0 saturated carbocycles. The number of ether oxygens (including phenoxy) is 1. The molecule has 1 saturated heterocycles. The Balaban J connectivity index is 1.76. The number of rotatable bonds is 4. The normalized spacial score (nSPS) is 15.3. The van der Waals surface area contributed by atoms with Crippen molar-refractivity contribution in [2.24, 2.45) is 0 Å². The summed E-state index contributed by atoms with van der Waals surface area (Å²) in [5, 5.41) is 2.51. The Morgan fingerprint density at radius 3 is 2.35 bits per heavy atom. The van der Waals surface area contributed by atoms with E-state index in [4.69, 9.17) is 0 Å². The zero-order valence-electron chi connectivity index (χ0n) is 12.8. The van der Waals surface area contributed by atoms with E-state index in [1.807, 2.05) is 0 Å². The van der Waals surface area contributed by atoms with Gasteiger partial charge in [0.1, 0.15) is 17.2 Å². The van der Waals surface area contributed by atoms with Gasteiger partial charge in [-0.25, -0.2) is 13.6 Å². The molecule has 2 rings (SSSR count). The summed E-state index contributed by atoms with van der Waals surface area (Å²) >= 11 is 0. The van der Waals surface area contributed by atoms with Gasteiger partial charge in [-0.05, 0) is 12.1 Å². The van der Waals surface area contributed by atoms with Crippen molar-refractivity contribution < 1.29 is 23.1 Å². The van der Waals surface area contributed by atoms with E-state index < -0.39 is 23.1 Å². The molecule has 1 heterocycles. The first-order chi connectivity index (χ1) is 11.0. The van der Waals surface area contributed by atoms with Crippen LogP contribution in [0.15, 0.2) is 18.2 Å². The minimum Gasteiger partial charge on any atom is -0.453 e. The molecular formula is C15H19F2N3O3. The highest BCUT2D eigenvalue weighted by atomic mass is 19.1. The summed E-state index contributed by atoms with van der Waals surface area (Å²) in [6.45, 7) is 3.20. The van der Waals surface area contributed by atoms with Crippen molar-refractivity contribution in [1.82, 2.24) is 15.1 Å². The average Bonchev–Trinajstić information content (AvgIpc) is 2.54. The summed E-state index contributed by atoms with van der Waals surface area (Å²) in [6.07, 6.45) is -0.354. The Kier molecular flexibility index (Phi) is 5.86. The van der Waals surface area contributed by atoms with Crippen LogP contribution in [0.1, 0.15) is 10.4 Å². The van der Waals surface area contributed by atoms with Crippen LogP contribution in [0.5, 0.6) is 0 Å². The van der Waals surface area contributed by atoms with Gasteiger partial charge in [0.05, 0.1) is 7.11 Å². The molecule has 0 aromatic heterocycles. The number of hydrogen-bond acceptors (Lipinski definition) is 4. The van der Waals surface area contributed by atoms with Gasteiger partial charge in [0, 0.05) is 39.3 Å². The van der Waals surface area contributed by atoms with E-state index in [0.717, 1.165) is 12.1 Å². The molecular weight excluding hydrogens is 308 g/mol. The van der Waals surface area contributed by atoms with Crippen LogP contribution in [0.3, 0.4) is 0 Å². The van der Waals surface area contributed by atoms with Crippen LogP contribution in [-0.4, -0.2) is 68.2 Å². The van der Waals surface area contributed by atoms with Gasteiger partial charge in [-0.1, -0.05) is 6.07 Å². The number of amides is 2. The van der Waals surface area contributed by atoms with E-state index in [2.05, 4.69) is 15.0 Å². The van der Waals surface area contributed by atoms with Gasteiger partial charge >= 0.3 is 6.09 Å². The molecule has 1 N–H and O–H groups in total. The summed E-state index contributed by atoms with van der Waals surface area (Å²) in [6, 6.07) is 3.30. The van der Waals surface area contributed by atoms with Crippen LogP contribution >= 0.6 is 0 Å².